The highest BCUT2D eigenvalue weighted by Gasteiger charge is 2.13. The predicted octanol–water partition coefficient (Wildman–Crippen LogP) is 2.71. The van der Waals surface area contributed by atoms with Crippen LogP contribution in [0.4, 0.5) is 0 Å². The molecule has 0 bridgehead atoms. The highest BCUT2D eigenvalue weighted by atomic mass is 16.3. The number of aliphatic hydroxyl groups is 1. The van der Waals surface area contributed by atoms with Gasteiger partial charge in [0.15, 0.2) is 0 Å². The summed E-state index contributed by atoms with van der Waals surface area (Å²) in [6.45, 7) is 0. The molecule has 1 unspecified atom stereocenters. The lowest BCUT2D eigenvalue weighted by Gasteiger charge is -2.13. The smallest absolute Gasteiger partial charge is 0.106 e. The second-order valence-electron chi connectivity index (χ2n) is 4.13. The van der Waals surface area contributed by atoms with Crippen LogP contribution in [0.5, 0.6) is 0 Å². The van der Waals surface area contributed by atoms with Gasteiger partial charge in [-0.1, -0.05) is 24.3 Å². The van der Waals surface area contributed by atoms with Crippen LogP contribution < -0.4 is 0 Å². The molecular weight excluding hydrogens is 224 g/mol. The van der Waals surface area contributed by atoms with Crippen molar-refractivity contribution in [3.63, 3.8) is 0 Å². The molecule has 3 heteroatoms. The summed E-state index contributed by atoms with van der Waals surface area (Å²) in [7, 11) is 0. The highest BCUT2D eigenvalue weighted by molar-refractivity contribution is 5.85. The first-order valence-corrected chi connectivity index (χ1v) is 5.77. The first-order valence-electron chi connectivity index (χ1n) is 5.77. The van der Waals surface area contributed by atoms with Crippen LogP contribution in [0, 0.1) is 0 Å². The highest BCUT2D eigenvalue weighted by Crippen LogP contribution is 2.27. The SMILES string of the molecule is OC(c1cccnc1)c1cccc2ccncc12. The van der Waals surface area contributed by atoms with E-state index in [1.54, 1.807) is 24.8 Å². The average molecular weight is 236 g/mol. The number of pyridine rings is 2. The van der Waals surface area contributed by atoms with Crippen LogP contribution in [0.2, 0.25) is 0 Å². The van der Waals surface area contributed by atoms with Crippen molar-refractivity contribution in [2.24, 2.45) is 0 Å². The van der Waals surface area contributed by atoms with Gasteiger partial charge in [-0.15, -0.1) is 0 Å². The van der Waals surface area contributed by atoms with E-state index in [1.165, 1.54) is 0 Å². The number of hydrogen-bond acceptors (Lipinski definition) is 3. The Morgan fingerprint density at radius 1 is 0.889 bits per heavy atom. The Hall–Kier alpha value is -2.26. The molecule has 1 aromatic carbocycles. The van der Waals surface area contributed by atoms with Crippen molar-refractivity contribution in [2.45, 2.75) is 6.10 Å². The molecule has 3 nitrogen and oxygen atoms in total. The van der Waals surface area contributed by atoms with Crippen molar-refractivity contribution < 1.29 is 5.11 Å². The molecule has 3 aromatic rings. The van der Waals surface area contributed by atoms with Crippen LogP contribution in [0.3, 0.4) is 0 Å². The summed E-state index contributed by atoms with van der Waals surface area (Å²) in [6, 6.07) is 11.5. The van der Waals surface area contributed by atoms with Gasteiger partial charge in [-0.25, -0.2) is 0 Å². The Morgan fingerprint density at radius 2 is 1.78 bits per heavy atom. The zero-order chi connectivity index (χ0) is 12.4. The fourth-order valence-corrected chi connectivity index (χ4v) is 2.09. The molecule has 0 saturated carbocycles. The fraction of sp³-hybridized carbons (Fsp3) is 0.0667. The van der Waals surface area contributed by atoms with Gasteiger partial charge >= 0.3 is 0 Å². The molecular formula is C15H12N2O. The summed E-state index contributed by atoms with van der Waals surface area (Å²) in [5.41, 5.74) is 1.64. The average Bonchev–Trinajstić information content (AvgIpc) is 2.47. The lowest BCUT2D eigenvalue weighted by atomic mass is 9.98. The maximum absolute atomic E-state index is 10.4. The molecule has 0 aliphatic rings. The molecule has 1 N–H and O–H groups in total. The molecule has 3 rings (SSSR count). The molecule has 0 aliphatic carbocycles. The number of aliphatic hydroxyl groups excluding tert-OH is 1. The van der Waals surface area contributed by atoms with Crippen molar-refractivity contribution in [1.29, 1.82) is 0 Å². The van der Waals surface area contributed by atoms with Gasteiger partial charge in [0, 0.05) is 35.7 Å². The monoisotopic (exact) mass is 236 g/mol. The Labute approximate surface area is 105 Å². The molecule has 0 spiro atoms. The molecule has 88 valence electrons. The van der Waals surface area contributed by atoms with E-state index in [-0.39, 0.29) is 0 Å². The summed E-state index contributed by atoms with van der Waals surface area (Å²) in [5.74, 6) is 0. The second-order valence-corrected chi connectivity index (χ2v) is 4.13. The van der Waals surface area contributed by atoms with Gasteiger partial charge in [0.25, 0.3) is 0 Å². The Bertz CT molecular complexity index is 662. The van der Waals surface area contributed by atoms with Crippen molar-refractivity contribution in [3.05, 3.63) is 72.3 Å². The Morgan fingerprint density at radius 3 is 2.61 bits per heavy atom. The molecule has 0 aliphatic heterocycles. The molecule has 2 heterocycles. The quantitative estimate of drug-likeness (QED) is 0.744. The first kappa shape index (κ1) is 10.9. The summed E-state index contributed by atoms with van der Waals surface area (Å²) >= 11 is 0. The van der Waals surface area contributed by atoms with E-state index in [0.29, 0.717) is 0 Å². The maximum atomic E-state index is 10.4. The minimum absolute atomic E-state index is 0.674. The van der Waals surface area contributed by atoms with Gasteiger partial charge in [-0.2, -0.15) is 0 Å². The number of aromatic nitrogens is 2. The number of benzene rings is 1. The third-order valence-corrected chi connectivity index (χ3v) is 3.01. The summed E-state index contributed by atoms with van der Waals surface area (Å²) in [4.78, 5) is 8.16. The molecule has 0 saturated heterocycles. The number of rotatable bonds is 2. The van der Waals surface area contributed by atoms with E-state index in [2.05, 4.69) is 9.97 Å². The zero-order valence-corrected chi connectivity index (χ0v) is 9.69. The number of nitrogens with zero attached hydrogens (tertiary/aromatic N) is 2. The number of hydrogen-bond donors (Lipinski definition) is 1. The fourth-order valence-electron chi connectivity index (χ4n) is 2.09. The van der Waals surface area contributed by atoms with Crippen molar-refractivity contribution in [1.82, 2.24) is 9.97 Å². The first-order chi connectivity index (χ1) is 8.86. The summed E-state index contributed by atoms with van der Waals surface area (Å²) in [6.07, 6.45) is 6.24. The van der Waals surface area contributed by atoms with Gasteiger partial charge in [-0.05, 0) is 23.1 Å². The van der Waals surface area contributed by atoms with Gasteiger partial charge in [-0.3, -0.25) is 9.97 Å². The van der Waals surface area contributed by atoms with E-state index < -0.39 is 6.10 Å². The third kappa shape index (κ3) is 1.85. The normalized spacial score (nSPS) is 12.5. The zero-order valence-electron chi connectivity index (χ0n) is 9.69. The molecule has 0 fully saturated rings. The van der Waals surface area contributed by atoms with E-state index in [0.717, 1.165) is 21.9 Å². The van der Waals surface area contributed by atoms with Crippen LogP contribution in [-0.2, 0) is 0 Å². The van der Waals surface area contributed by atoms with Crippen LogP contribution in [0.25, 0.3) is 10.8 Å². The molecule has 1 atom stereocenters. The standard InChI is InChI=1S/C15H12N2O/c18-15(12-4-2-7-16-9-12)13-5-1-3-11-6-8-17-10-14(11)13/h1-10,15,18H. The van der Waals surface area contributed by atoms with E-state index in [4.69, 9.17) is 0 Å². The number of fused-ring (bicyclic) bond motifs is 1. The van der Waals surface area contributed by atoms with Crippen molar-refractivity contribution in [3.8, 4) is 0 Å². The lowest BCUT2D eigenvalue weighted by molar-refractivity contribution is 0.221. The maximum Gasteiger partial charge on any atom is 0.106 e. The molecule has 0 amide bonds. The second kappa shape index (κ2) is 4.55. The van der Waals surface area contributed by atoms with Crippen LogP contribution in [-0.4, -0.2) is 15.1 Å². The Kier molecular flexibility index (Phi) is 2.74. The largest absolute Gasteiger partial charge is 0.384 e. The van der Waals surface area contributed by atoms with Gasteiger partial charge < -0.3 is 5.11 Å². The van der Waals surface area contributed by atoms with Gasteiger partial charge in [0.05, 0.1) is 0 Å². The minimum atomic E-state index is -0.674. The molecule has 18 heavy (non-hydrogen) atoms. The minimum Gasteiger partial charge on any atom is -0.384 e. The van der Waals surface area contributed by atoms with Crippen LogP contribution >= 0.6 is 0 Å². The van der Waals surface area contributed by atoms with E-state index in [9.17, 15) is 5.11 Å². The molecule has 2 aromatic heterocycles. The van der Waals surface area contributed by atoms with E-state index in [1.807, 2.05) is 36.4 Å². The van der Waals surface area contributed by atoms with Crippen LogP contribution in [0.1, 0.15) is 17.2 Å². The van der Waals surface area contributed by atoms with Gasteiger partial charge in [0.2, 0.25) is 0 Å². The van der Waals surface area contributed by atoms with Crippen molar-refractivity contribution >= 4 is 10.8 Å². The molecule has 0 radical (unpaired) electrons. The summed E-state index contributed by atoms with van der Waals surface area (Å²) in [5, 5.41) is 12.5. The van der Waals surface area contributed by atoms with Gasteiger partial charge in [0.1, 0.15) is 6.10 Å². The van der Waals surface area contributed by atoms with Crippen molar-refractivity contribution in [2.75, 3.05) is 0 Å². The predicted molar refractivity (Wildman–Crippen MR) is 70.0 cm³/mol. The van der Waals surface area contributed by atoms with Crippen LogP contribution in [0.15, 0.2) is 61.2 Å². The van der Waals surface area contributed by atoms with E-state index >= 15 is 0 Å². The third-order valence-electron chi connectivity index (χ3n) is 3.01. The Balaban J connectivity index is 2.15. The summed E-state index contributed by atoms with van der Waals surface area (Å²) < 4.78 is 0. The topological polar surface area (TPSA) is 46.0 Å². The lowest BCUT2D eigenvalue weighted by Crippen LogP contribution is -2.01.